The Morgan fingerprint density at radius 1 is 1.31 bits per heavy atom. The van der Waals surface area contributed by atoms with E-state index in [0.29, 0.717) is 12.0 Å². The third kappa shape index (κ3) is 2.96. The zero-order chi connectivity index (χ0) is 9.10. The van der Waals surface area contributed by atoms with Crippen LogP contribution in [0.2, 0.25) is 0 Å². The van der Waals surface area contributed by atoms with E-state index in [4.69, 9.17) is 10.5 Å². The van der Waals surface area contributed by atoms with Gasteiger partial charge in [0.25, 0.3) is 0 Å². The van der Waals surface area contributed by atoms with Crippen molar-refractivity contribution in [1.29, 1.82) is 0 Å². The lowest BCUT2D eigenvalue weighted by molar-refractivity contribution is 0.0434. The van der Waals surface area contributed by atoms with Crippen molar-refractivity contribution in [3.8, 4) is 0 Å². The fourth-order valence-corrected chi connectivity index (χ4v) is 2.17. The molecule has 0 spiro atoms. The molecule has 2 heteroatoms. The lowest BCUT2D eigenvalue weighted by Gasteiger charge is -2.27. The highest BCUT2D eigenvalue weighted by molar-refractivity contribution is 4.79. The maximum absolute atomic E-state index is 6.14. The second-order valence-electron chi connectivity index (χ2n) is 4.66. The molecule has 0 aromatic carbocycles. The summed E-state index contributed by atoms with van der Waals surface area (Å²) in [6.45, 7) is 1.86. The summed E-state index contributed by atoms with van der Waals surface area (Å²) in [5.41, 5.74) is 6.14. The van der Waals surface area contributed by atoms with Crippen molar-refractivity contribution in [2.45, 2.75) is 44.6 Å². The molecule has 0 bridgehead atoms. The van der Waals surface area contributed by atoms with Crippen LogP contribution in [0.25, 0.3) is 0 Å². The average molecular weight is 183 g/mol. The molecule has 2 N–H and O–H groups in total. The van der Waals surface area contributed by atoms with Gasteiger partial charge in [0.2, 0.25) is 0 Å². The van der Waals surface area contributed by atoms with Crippen LogP contribution in [-0.4, -0.2) is 19.3 Å². The Morgan fingerprint density at radius 3 is 2.77 bits per heavy atom. The van der Waals surface area contributed by atoms with Crippen LogP contribution in [0.4, 0.5) is 0 Å². The summed E-state index contributed by atoms with van der Waals surface area (Å²) in [5.74, 6) is 1.67. The minimum absolute atomic E-state index is 0.404. The van der Waals surface area contributed by atoms with E-state index in [1.807, 2.05) is 0 Å². The van der Waals surface area contributed by atoms with Gasteiger partial charge >= 0.3 is 0 Å². The van der Waals surface area contributed by atoms with Gasteiger partial charge in [-0.3, -0.25) is 0 Å². The number of hydrogen-bond acceptors (Lipinski definition) is 2. The van der Waals surface area contributed by atoms with Gasteiger partial charge in [0.15, 0.2) is 0 Å². The maximum atomic E-state index is 6.14. The predicted octanol–water partition coefficient (Wildman–Crippen LogP) is 1.93. The zero-order valence-electron chi connectivity index (χ0n) is 8.37. The molecular formula is C11H21NO. The monoisotopic (exact) mass is 183 g/mol. The van der Waals surface area contributed by atoms with Crippen LogP contribution in [0, 0.1) is 11.8 Å². The Bertz CT molecular complexity index is 150. The summed E-state index contributed by atoms with van der Waals surface area (Å²) in [6.07, 6.45) is 7.98. The molecule has 2 rings (SSSR count). The molecule has 1 saturated heterocycles. The van der Waals surface area contributed by atoms with Crippen molar-refractivity contribution in [1.82, 2.24) is 0 Å². The molecule has 0 radical (unpaired) electrons. The first-order chi connectivity index (χ1) is 6.36. The van der Waals surface area contributed by atoms with Crippen LogP contribution < -0.4 is 5.73 Å². The Morgan fingerprint density at radius 2 is 2.15 bits per heavy atom. The Balaban J connectivity index is 1.64. The minimum atomic E-state index is 0.404. The molecule has 0 aromatic heterocycles. The first-order valence-electron chi connectivity index (χ1n) is 5.69. The minimum Gasteiger partial charge on any atom is -0.381 e. The second-order valence-corrected chi connectivity index (χ2v) is 4.66. The first-order valence-corrected chi connectivity index (χ1v) is 5.69. The van der Waals surface area contributed by atoms with Gasteiger partial charge in [0.1, 0.15) is 0 Å². The van der Waals surface area contributed by atoms with Crippen molar-refractivity contribution in [3.63, 3.8) is 0 Å². The van der Waals surface area contributed by atoms with Crippen molar-refractivity contribution in [2.75, 3.05) is 13.2 Å². The molecule has 1 heterocycles. The van der Waals surface area contributed by atoms with E-state index in [-0.39, 0.29) is 0 Å². The van der Waals surface area contributed by atoms with Crippen molar-refractivity contribution >= 4 is 0 Å². The molecule has 0 amide bonds. The highest BCUT2D eigenvalue weighted by Gasteiger charge is 2.25. The lowest BCUT2D eigenvalue weighted by Crippen LogP contribution is -2.35. The van der Waals surface area contributed by atoms with E-state index < -0.39 is 0 Å². The Hall–Kier alpha value is -0.0800. The predicted molar refractivity (Wildman–Crippen MR) is 53.5 cm³/mol. The number of nitrogens with two attached hydrogens (primary N) is 1. The van der Waals surface area contributed by atoms with Gasteiger partial charge in [-0.15, -0.1) is 0 Å². The SMILES string of the molecule is NC(CCC1CC1)C1CCCOC1. The van der Waals surface area contributed by atoms with Gasteiger partial charge < -0.3 is 10.5 Å². The summed E-state index contributed by atoms with van der Waals surface area (Å²) in [5, 5.41) is 0. The van der Waals surface area contributed by atoms with E-state index in [1.165, 1.54) is 38.5 Å². The van der Waals surface area contributed by atoms with Crippen LogP contribution in [0.1, 0.15) is 38.5 Å². The molecule has 2 unspecified atom stereocenters. The van der Waals surface area contributed by atoms with E-state index in [9.17, 15) is 0 Å². The molecule has 76 valence electrons. The van der Waals surface area contributed by atoms with Crippen molar-refractivity contribution in [2.24, 2.45) is 17.6 Å². The largest absolute Gasteiger partial charge is 0.381 e. The molecule has 1 aliphatic heterocycles. The molecular weight excluding hydrogens is 162 g/mol. The molecule has 2 atom stereocenters. The summed E-state index contributed by atoms with van der Waals surface area (Å²) >= 11 is 0. The topological polar surface area (TPSA) is 35.2 Å². The standard InChI is InChI=1S/C11H21NO/c12-11(6-5-9-3-4-9)10-2-1-7-13-8-10/h9-11H,1-8,12H2. The first kappa shape index (κ1) is 9.47. The van der Waals surface area contributed by atoms with E-state index in [2.05, 4.69) is 0 Å². The van der Waals surface area contributed by atoms with Gasteiger partial charge in [-0.2, -0.15) is 0 Å². The third-order valence-corrected chi connectivity index (χ3v) is 3.41. The van der Waals surface area contributed by atoms with Gasteiger partial charge in [-0.1, -0.05) is 12.8 Å². The van der Waals surface area contributed by atoms with Gasteiger partial charge in [0, 0.05) is 12.6 Å². The molecule has 1 aliphatic carbocycles. The number of rotatable bonds is 4. The van der Waals surface area contributed by atoms with Gasteiger partial charge in [-0.25, -0.2) is 0 Å². The summed E-state index contributed by atoms with van der Waals surface area (Å²) in [4.78, 5) is 0. The lowest BCUT2D eigenvalue weighted by atomic mass is 9.91. The number of ether oxygens (including phenoxy) is 1. The van der Waals surface area contributed by atoms with Gasteiger partial charge in [-0.05, 0) is 37.5 Å². The molecule has 0 aromatic rings. The normalized spacial score (nSPS) is 31.6. The van der Waals surface area contributed by atoms with Crippen LogP contribution in [0.5, 0.6) is 0 Å². The highest BCUT2D eigenvalue weighted by Crippen LogP contribution is 2.34. The van der Waals surface area contributed by atoms with Gasteiger partial charge in [0.05, 0.1) is 6.61 Å². The Kier molecular flexibility index (Phi) is 3.23. The van der Waals surface area contributed by atoms with Crippen LogP contribution >= 0.6 is 0 Å². The van der Waals surface area contributed by atoms with Crippen molar-refractivity contribution in [3.05, 3.63) is 0 Å². The van der Waals surface area contributed by atoms with Crippen molar-refractivity contribution < 1.29 is 4.74 Å². The zero-order valence-corrected chi connectivity index (χ0v) is 8.37. The molecule has 2 fully saturated rings. The van der Waals surface area contributed by atoms with Crippen LogP contribution in [0.15, 0.2) is 0 Å². The molecule has 13 heavy (non-hydrogen) atoms. The Labute approximate surface area is 80.8 Å². The number of hydrogen-bond donors (Lipinski definition) is 1. The van der Waals surface area contributed by atoms with E-state index in [1.54, 1.807) is 0 Å². The highest BCUT2D eigenvalue weighted by atomic mass is 16.5. The van der Waals surface area contributed by atoms with E-state index >= 15 is 0 Å². The van der Waals surface area contributed by atoms with Crippen LogP contribution in [0.3, 0.4) is 0 Å². The maximum Gasteiger partial charge on any atom is 0.0509 e. The fraction of sp³-hybridized carbons (Fsp3) is 1.00. The summed E-state index contributed by atoms with van der Waals surface area (Å²) in [7, 11) is 0. The molecule has 1 saturated carbocycles. The molecule has 2 aliphatic rings. The third-order valence-electron chi connectivity index (χ3n) is 3.41. The quantitative estimate of drug-likeness (QED) is 0.723. The van der Waals surface area contributed by atoms with E-state index in [0.717, 1.165) is 19.1 Å². The second kappa shape index (κ2) is 4.43. The fourth-order valence-electron chi connectivity index (χ4n) is 2.17. The summed E-state index contributed by atoms with van der Waals surface area (Å²) in [6, 6.07) is 0.404. The average Bonchev–Trinajstić information content (AvgIpc) is 2.99. The summed E-state index contributed by atoms with van der Waals surface area (Å²) < 4.78 is 5.45. The smallest absolute Gasteiger partial charge is 0.0509 e. The molecule has 2 nitrogen and oxygen atoms in total. The van der Waals surface area contributed by atoms with Crippen LogP contribution in [-0.2, 0) is 4.74 Å².